The number of amides is 2. The molecule has 1 unspecified atom stereocenters. The summed E-state index contributed by atoms with van der Waals surface area (Å²) < 4.78 is 5.14. The van der Waals surface area contributed by atoms with Gasteiger partial charge >= 0.3 is 6.09 Å². The Morgan fingerprint density at radius 3 is 2.86 bits per heavy atom. The lowest BCUT2D eigenvalue weighted by atomic mass is 9.94. The second-order valence-corrected chi connectivity index (χ2v) is 5.62. The Morgan fingerprint density at radius 1 is 1.45 bits per heavy atom. The quantitative estimate of drug-likeness (QED) is 0.811. The average molecular weight is 298 g/mol. The maximum atomic E-state index is 12.6. The molecule has 2 aliphatic rings. The molecule has 1 aromatic carbocycles. The lowest BCUT2D eigenvalue weighted by Crippen LogP contribution is -2.59. The number of benzene rings is 1. The van der Waals surface area contributed by atoms with Crippen LogP contribution in [0.5, 0.6) is 0 Å². The van der Waals surface area contributed by atoms with E-state index in [0.717, 1.165) is 12.8 Å². The van der Waals surface area contributed by atoms with E-state index >= 15 is 0 Å². The number of carbonyl (C=O) groups is 2. The third-order valence-corrected chi connectivity index (χ3v) is 3.83. The smallest absolute Gasteiger partial charge is 0.416 e. The molecule has 5 nitrogen and oxygen atoms in total. The molecule has 1 aliphatic heterocycles. The number of hydrogen-bond donors (Lipinski definition) is 1. The van der Waals surface area contributed by atoms with E-state index in [1.165, 1.54) is 4.90 Å². The van der Waals surface area contributed by atoms with Gasteiger partial charge in [0.25, 0.3) is 5.91 Å². The summed E-state index contributed by atoms with van der Waals surface area (Å²) in [6.07, 6.45) is 1.55. The predicted molar refractivity (Wildman–Crippen MR) is 83.5 cm³/mol. The summed E-state index contributed by atoms with van der Waals surface area (Å²) in [5.41, 5.74) is -0.0668. The minimum atomic E-state index is -1.26. The Morgan fingerprint density at radius 2 is 2.18 bits per heavy atom. The van der Waals surface area contributed by atoms with Gasteiger partial charge in [0.05, 0.1) is 18.0 Å². The maximum Gasteiger partial charge on any atom is 0.416 e. The summed E-state index contributed by atoms with van der Waals surface area (Å²) in [6, 6.07) is 7.16. The van der Waals surface area contributed by atoms with Crippen LogP contribution in [0.25, 0.3) is 0 Å². The summed E-state index contributed by atoms with van der Waals surface area (Å²) in [5, 5.41) is 2.83. The molecular weight excluding hydrogens is 280 g/mol. The van der Waals surface area contributed by atoms with Crippen LogP contribution in [0.15, 0.2) is 24.3 Å². The van der Waals surface area contributed by atoms with E-state index in [9.17, 15) is 9.59 Å². The molecule has 0 spiro atoms. The number of nitrogens with zero attached hydrogens (tertiary/aromatic N) is 1. The fraction of sp³-hybridized carbons (Fsp3) is 0.412. The summed E-state index contributed by atoms with van der Waals surface area (Å²) in [4.78, 5) is 26.4. The van der Waals surface area contributed by atoms with Crippen LogP contribution >= 0.6 is 0 Å². The Hall–Kier alpha value is -2.48. The van der Waals surface area contributed by atoms with Gasteiger partial charge in [-0.15, -0.1) is 0 Å². The van der Waals surface area contributed by atoms with Crippen molar-refractivity contribution in [1.82, 2.24) is 0 Å². The largest absolute Gasteiger partial charge is 0.449 e. The molecule has 22 heavy (non-hydrogen) atoms. The maximum absolute atomic E-state index is 12.6. The van der Waals surface area contributed by atoms with Crippen molar-refractivity contribution in [2.24, 2.45) is 5.92 Å². The number of fused-ring (bicyclic) bond motifs is 1. The highest BCUT2D eigenvalue weighted by atomic mass is 16.6. The zero-order valence-corrected chi connectivity index (χ0v) is 12.7. The molecular formula is C17H18N2O3. The second kappa shape index (κ2) is 5.38. The van der Waals surface area contributed by atoms with Crippen molar-refractivity contribution in [1.29, 1.82) is 0 Å². The number of para-hydroxylation sites is 2. The third kappa shape index (κ3) is 2.41. The normalized spacial score (nSPS) is 23.0. The summed E-state index contributed by atoms with van der Waals surface area (Å²) in [5.74, 6) is 6.12. The molecule has 1 aromatic rings. The van der Waals surface area contributed by atoms with E-state index < -0.39 is 11.6 Å². The van der Waals surface area contributed by atoms with Crippen LogP contribution in [0.3, 0.4) is 0 Å². The van der Waals surface area contributed by atoms with Crippen molar-refractivity contribution in [2.45, 2.75) is 32.2 Å². The standard InChI is InChI=1S/C17H18N2O3/c1-3-22-16(21)19-14-7-5-4-6-13(14)18-15(20)17(19,2)11-10-12-8-9-12/h4-7,12H,3,8-9H2,1-2H3,(H,18,20). The van der Waals surface area contributed by atoms with Gasteiger partial charge in [-0.1, -0.05) is 24.0 Å². The van der Waals surface area contributed by atoms with Gasteiger partial charge in [0, 0.05) is 5.92 Å². The van der Waals surface area contributed by atoms with Gasteiger partial charge in [-0.2, -0.15) is 0 Å². The third-order valence-electron chi connectivity index (χ3n) is 3.83. The van der Waals surface area contributed by atoms with Crippen molar-refractivity contribution >= 4 is 23.4 Å². The molecule has 1 heterocycles. The summed E-state index contributed by atoms with van der Waals surface area (Å²) in [7, 11) is 0. The number of hydrogen-bond acceptors (Lipinski definition) is 3. The van der Waals surface area contributed by atoms with Crippen molar-refractivity contribution in [3.63, 3.8) is 0 Å². The molecule has 114 valence electrons. The monoisotopic (exact) mass is 298 g/mol. The SMILES string of the molecule is CCOC(=O)N1c2ccccc2NC(=O)C1(C)C#CC1CC1. The molecule has 1 fully saturated rings. The van der Waals surface area contributed by atoms with E-state index in [0.29, 0.717) is 17.3 Å². The van der Waals surface area contributed by atoms with Crippen LogP contribution < -0.4 is 10.2 Å². The van der Waals surface area contributed by atoms with Gasteiger partial charge in [0.15, 0.2) is 5.54 Å². The molecule has 0 saturated heterocycles. The number of rotatable bonds is 1. The number of carbonyl (C=O) groups excluding carboxylic acids is 2. The van der Waals surface area contributed by atoms with Crippen LogP contribution in [0.1, 0.15) is 26.7 Å². The van der Waals surface area contributed by atoms with Crippen molar-refractivity contribution in [2.75, 3.05) is 16.8 Å². The predicted octanol–water partition coefficient (Wildman–Crippen LogP) is 2.77. The second-order valence-electron chi connectivity index (χ2n) is 5.62. The first-order valence-corrected chi connectivity index (χ1v) is 7.46. The lowest BCUT2D eigenvalue weighted by molar-refractivity contribution is -0.119. The number of anilines is 2. The minimum absolute atomic E-state index is 0.241. The molecule has 0 radical (unpaired) electrons. The van der Waals surface area contributed by atoms with Gasteiger partial charge in [-0.25, -0.2) is 9.69 Å². The van der Waals surface area contributed by atoms with Crippen LogP contribution in [0.4, 0.5) is 16.2 Å². The Bertz CT molecular complexity index is 685. The van der Waals surface area contributed by atoms with Gasteiger partial charge in [-0.3, -0.25) is 4.79 Å². The van der Waals surface area contributed by atoms with Gasteiger partial charge in [0.2, 0.25) is 0 Å². The van der Waals surface area contributed by atoms with E-state index in [1.54, 1.807) is 32.0 Å². The molecule has 1 N–H and O–H groups in total. The van der Waals surface area contributed by atoms with Crippen molar-refractivity contribution in [3.05, 3.63) is 24.3 Å². The van der Waals surface area contributed by atoms with E-state index in [-0.39, 0.29) is 12.5 Å². The molecule has 5 heteroatoms. The molecule has 1 aliphatic carbocycles. The lowest BCUT2D eigenvalue weighted by Gasteiger charge is -2.40. The fourth-order valence-electron chi connectivity index (χ4n) is 2.41. The highest BCUT2D eigenvalue weighted by Gasteiger charge is 2.47. The first-order valence-electron chi connectivity index (χ1n) is 7.46. The van der Waals surface area contributed by atoms with Gasteiger partial charge in [0.1, 0.15) is 0 Å². The Balaban J connectivity index is 2.08. The molecule has 0 aromatic heterocycles. The van der Waals surface area contributed by atoms with E-state index in [2.05, 4.69) is 17.2 Å². The summed E-state index contributed by atoms with van der Waals surface area (Å²) in [6.45, 7) is 3.64. The van der Waals surface area contributed by atoms with Gasteiger partial charge in [-0.05, 0) is 38.8 Å². The first kappa shape index (κ1) is 14.5. The van der Waals surface area contributed by atoms with Gasteiger partial charge < -0.3 is 10.1 Å². The topological polar surface area (TPSA) is 58.6 Å². The molecule has 1 atom stereocenters. The van der Waals surface area contributed by atoms with E-state index in [1.807, 2.05) is 6.07 Å². The van der Waals surface area contributed by atoms with E-state index in [4.69, 9.17) is 4.74 Å². The molecule has 3 rings (SSSR count). The molecule has 2 amide bonds. The fourth-order valence-corrected chi connectivity index (χ4v) is 2.41. The highest BCUT2D eigenvalue weighted by Crippen LogP contribution is 2.37. The summed E-state index contributed by atoms with van der Waals surface area (Å²) >= 11 is 0. The van der Waals surface area contributed by atoms with Crippen molar-refractivity contribution < 1.29 is 14.3 Å². The van der Waals surface area contributed by atoms with Crippen LogP contribution in [0, 0.1) is 17.8 Å². The van der Waals surface area contributed by atoms with Crippen molar-refractivity contribution in [3.8, 4) is 11.8 Å². The zero-order valence-electron chi connectivity index (χ0n) is 12.7. The molecule has 1 saturated carbocycles. The highest BCUT2D eigenvalue weighted by molar-refractivity contribution is 6.14. The number of ether oxygens (including phenoxy) is 1. The minimum Gasteiger partial charge on any atom is -0.449 e. The van der Waals surface area contributed by atoms with Crippen LogP contribution in [0.2, 0.25) is 0 Å². The Labute approximate surface area is 129 Å². The zero-order chi connectivity index (χ0) is 15.7. The van der Waals surface area contributed by atoms with Crippen LogP contribution in [-0.4, -0.2) is 24.1 Å². The number of nitrogens with one attached hydrogen (secondary N) is 1. The first-order chi connectivity index (χ1) is 10.6. The van der Waals surface area contributed by atoms with Crippen LogP contribution in [-0.2, 0) is 9.53 Å². The average Bonchev–Trinajstić information content (AvgIpc) is 3.31. The Kier molecular flexibility index (Phi) is 3.53. The molecule has 0 bridgehead atoms.